The van der Waals surface area contributed by atoms with Gasteiger partial charge < -0.3 is 10.6 Å². The smallest absolute Gasteiger partial charge is 0.398 e. The quantitative estimate of drug-likeness (QED) is 0.805. The molecule has 1 aromatic rings. The fourth-order valence-electron chi connectivity index (χ4n) is 2.18. The predicted octanol–water partition coefficient (Wildman–Crippen LogP) is 1.91. The Hall–Kier alpha value is -1.44. The third-order valence-electron chi connectivity index (χ3n) is 3.26. The van der Waals surface area contributed by atoms with E-state index >= 15 is 0 Å². The molecule has 4 nitrogen and oxygen atoms in total. The molecule has 1 aliphatic rings. The monoisotopic (exact) mass is 308 g/mol. The molecule has 1 aliphatic heterocycles. The summed E-state index contributed by atoms with van der Waals surface area (Å²) in [6.45, 7) is 0.615. The molecule has 1 saturated heterocycles. The van der Waals surface area contributed by atoms with Crippen molar-refractivity contribution in [3.8, 4) is 0 Å². The Balaban J connectivity index is 2.29. The average molecular weight is 308 g/mol. The molecular weight excluding hydrogens is 293 g/mol. The SMILES string of the molecule is Nc1ccc(N2CCCS(=O)(=O)CC2)cc1C(F)(F)F. The molecule has 1 heterocycles. The van der Waals surface area contributed by atoms with Crippen molar-refractivity contribution in [2.45, 2.75) is 12.6 Å². The van der Waals surface area contributed by atoms with Crippen LogP contribution in [0.1, 0.15) is 12.0 Å². The topological polar surface area (TPSA) is 63.4 Å². The summed E-state index contributed by atoms with van der Waals surface area (Å²) >= 11 is 0. The van der Waals surface area contributed by atoms with Crippen LogP contribution in [0.25, 0.3) is 0 Å². The number of hydrogen-bond donors (Lipinski definition) is 1. The molecule has 20 heavy (non-hydrogen) atoms. The number of benzene rings is 1. The lowest BCUT2D eigenvalue weighted by Gasteiger charge is -2.23. The minimum Gasteiger partial charge on any atom is -0.398 e. The normalized spacial score (nSPS) is 19.6. The number of nitrogens with two attached hydrogens (primary N) is 1. The Morgan fingerprint density at radius 1 is 1.15 bits per heavy atom. The van der Waals surface area contributed by atoms with Crippen LogP contribution in [-0.4, -0.2) is 33.0 Å². The van der Waals surface area contributed by atoms with Crippen LogP contribution in [0.4, 0.5) is 24.5 Å². The van der Waals surface area contributed by atoms with Crippen molar-refractivity contribution in [1.82, 2.24) is 0 Å². The third-order valence-corrected chi connectivity index (χ3v) is 4.98. The van der Waals surface area contributed by atoms with E-state index < -0.39 is 21.6 Å². The molecule has 0 aliphatic carbocycles. The molecule has 0 aromatic heterocycles. The molecule has 0 amide bonds. The van der Waals surface area contributed by atoms with E-state index in [0.29, 0.717) is 18.7 Å². The van der Waals surface area contributed by atoms with Crippen LogP contribution in [0.15, 0.2) is 18.2 Å². The summed E-state index contributed by atoms with van der Waals surface area (Å²) in [5.74, 6) is 0.0311. The Morgan fingerprint density at radius 3 is 2.50 bits per heavy atom. The van der Waals surface area contributed by atoms with Gasteiger partial charge in [0, 0.05) is 24.5 Å². The molecule has 0 bridgehead atoms. The summed E-state index contributed by atoms with van der Waals surface area (Å²) in [7, 11) is -3.10. The van der Waals surface area contributed by atoms with Gasteiger partial charge in [-0.2, -0.15) is 13.2 Å². The van der Waals surface area contributed by atoms with Gasteiger partial charge in [-0.05, 0) is 24.6 Å². The van der Waals surface area contributed by atoms with Crippen LogP contribution in [0.2, 0.25) is 0 Å². The van der Waals surface area contributed by atoms with Gasteiger partial charge in [0.15, 0.2) is 9.84 Å². The second-order valence-corrected chi connectivity index (χ2v) is 7.07. The summed E-state index contributed by atoms with van der Waals surface area (Å²) in [5.41, 5.74) is 4.48. The number of hydrogen-bond acceptors (Lipinski definition) is 4. The minimum atomic E-state index is -4.52. The van der Waals surface area contributed by atoms with Crippen molar-refractivity contribution in [2.24, 2.45) is 0 Å². The number of halogens is 3. The zero-order valence-corrected chi connectivity index (χ0v) is 11.5. The average Bonchev–Trinajstić information content (AvgIpc) is 2.49. The number of sulfone groups is 1. The summed E-state index contributed by atoms with van der Waals surface area (Å²) in [5, 5.41) is 0. The molecule has 0 unspecified atom stereocenters. The largest absolute Gasteiger partial charge is 0.418 e. The van der Waals surface area contributed by atoms with Crippen LogP contribution >= 0.6 is 0 Å². The first-order valence-electron chi connectivity index (χ1n) is 6.11. The van der Waals surface area contributed by atoms with Crippen LogP contribution in [-0.2, 0) is 16.0 Å². The lowest BCUT2D eigenvalue weighted by molar-refractivity contribution is -0.136. The van der Waals surface area contributed by atoms with Crippen molar-refractivity contribution in [2.75, 3.05) is 35.2 Å². The Morgan fingerprint density at radius 2 is 1.85 bits per heavy atom. The molecule has 2 rings (SSSR count). The number of nitrogens with zero attached hydrogens (tertiary/aromatic N) is 1. The standard InChI is InChI=1S/C12H15F3N2O2S/c13-12(14,15)10-8-9(2-3-11(10)16)17-4-1-6-20(18,19)7-5-17/h2-3,8H,1,4-7,16H2. The van der Waals surface area contributed by atoms with Gasteiger partial charge in [0.25, 0.3) is 0 Å². The molecule has 0 atom stereocenters. The van der Waals surface area contributed by atoms with Gasteiger partial charge in [-0.3, -0.25) is 0 Å². The zero-order valence-electron chi connectivity index (χ0n) is 10.7. The first-order valence-corrected chi connectivity index (χ1v) is 7.93. The molecule has 2 N–H and O–H groups in total. The highest BCUT2D eigenvalue weighted by molar-refractivity contribution is 7.91. The molecule has 8 heteroatoms. The van der Waals surface area contributed by atoms with Crippen molar-refractivity contribution < 1.29 is 21.6 Å². The van der Waals surface area contributed by atoms with Crippen LogP contribution in [0, 0.1) is 0 Å². The van der Waals surface area contributed by atoms with E-state index in [1.165, 1.54) is 12.1 Å². The van der Waals surface area contributed by atoms with Crippen molar-refractivity contribution in [3.63, 3.8) is 0 Å². The van der Waals surface area contributed by atoms with Gasteiger partial charge in [-0.15, -0.1) is 0 Å². The van der Waals surface area contributed by atoms with Crippen LogP contribution in [0.5, 0.6) is 0 Å². The lowest BCUT2D eigenvalue weighted by atomic mass is 10.1. The third kappa shape index (κ3) is 3.36. The molecule has 0 spiro atoms. The van der Waals surface area contributed by atoms with Gasteiger partial charge in [0.2, 0.25) is 0 Å². The Bertz CT molecular complexity index is 599. The summed E-state index contributed by atoms with van der Waals surface area (Å²) in [6.07, 6.45) is -4.11. The lowest BCUT2D eigenvalue weighted by Crippen LogP contribution is -2.27. The molecule has 0 saturated carbocycles. The highest BCUT2D eigenvalue weighted by Gasteiger charge is 2.33. The van der Waals surface area contributed by atoms with Gasteiger partial charge in [0.05, 0.1) is 17.1 Å². The number of nitrogen functional groups attached to an aromatic ring is 1. The maximum Gasteiger partial charge on any atom is 0.418 e. The van der Waals surface area contributed by atoms with Gasteiger partial charge in [-0.1, -0.05) is 0 Å². The van der Waals surface area contributed by atoms with Crippen LogP contribution < -0.4 is 10.6 Å². The molecule has 112 valence electrons. The second kappa shape index (κ2) is 5.16. The van der Waals surface area contributed by atoms with Gasteiger partial charge >= 0.3 is 6.18 Å². The van der Waals surface area contributed by atoms with E-state index in [1.54, 1.807) is 4.90 Å². The van der Waals surface area contributed by atoms with Crippen molar-refractivity contribution >= 4 is 21.2 Å². The number of alkyl halides is 3. The van der Waals surface area contributed by atoms with Gasteiger partial charge in [0.1, 0.15) is 0 Å². The maximum atomic E-state index is 12.8. The highest BCUT2D eigenvalue weighted by atomic mass is 32.2. The zero-order chi connectivity index (χ0) is 15.0. The fraction of sp³-hybridized carbons (Fsp3) is 0.500. The Kier molecular flexibility index (Phi) is 3.86. The Labute approximate surface area is 115 Å². The van der Waals surface area contributed by atoms with E-state index in [9.17, 15) is 21.6 Å². The van der Waals surface area contributed by atoms with E-state index in [4.69, 9.17) is 5.73 Å². The summed E-state index contributed by atoms with van der Waals surface area (Å²) in [4.78, 5) is 1.65. The number of rotatable bonds is 1. The van der Waals surface area contributed by atoms with E-state index in [1.807, 2.05) is 0 Å². The van der Waals surface area contributed by atoms with Crippen molar-refractivity contribution in [1.29, 1.82) is 0 Å². The summed E-state index contributed by atoms with van der Waals surface area (Å²) < 4.78 is 61.4. The van der Waals surface area contributed by atoms with E-state index in [0.717, 1.165) is 6.07 Å². The van der Waals surface area contributed by atoms with E-state index in [2.05, 4.69) is 0 Å². The molecule has 1 fully saturated rings. The van der Waals surface area contributed by atoms with Crippen LogP contribution in [0.3, 0.4) is 0 Å². The molecular formula is C12H15F3N2O2S. The summed E-state index contributed by atoms with van der Waals surface area (Å²) in [6, 6.07) is 3.67. The first-order chi connectivity index (χ1) is 9.19. The predicted molar refractivity (Wildman–Crippen MR) is 71.3 cm³/mol. The maximum absolute atomic E-state index is 12.8. The highest BCUT2D eigenvalue weighted by Crippen LogP contribution is 2.36. The second-order valence-electron chi connectivity index (χ2n) is 4.76. The van der Waals surface area contributed by atoms with E-state index in [-0.39, 0.29) is 23.7 Å². The van der Waals surface area contributed by atoms with Crippen molar-refractivity contribution in [3.05, 3.63) is 23.8 Å². The molecule has 1 aromatic carbocycles. The number of anilines is 2. The van der Waals surface area contributed by atoms with Gasteiger partial charge in [-0.25, -0.2) is 8.42 Å². The minimum absolute atomic E-state index is 0.0429. The molecule has 0 radical (unpaired) electrons. The first kappa shape index (κ1) is 15.0. The fourth-order valence-corrected chi connectivity index (χ4v) is 3.45.